The Kier molecular flexibility index (Phi) is 6.36. The number of esters is 1. The van der Waals surface area contributed by atoms with E-state index in [2.05, 4.69) is 21.9 Å². The molecule has 132 valence electrons. The highest BCUT2D eigenvalue weighted by molar-refractivity contribution is 6.30. The Morgan fingerprint density at radius 2 is 2.04 bits per heavy atom. The SMILES string of the molecule is C=CN(C)c1nc(Cc2ccc(NC)cc2)nc(Cl)c1CC(=O)OC. The first-order valence-corrected chi connectivity index (χ1v) is 8.10. The Morgan fingerprint density at radius 1 is 1.36 bits per heavy atom. The van der Waals surface area contributed by atoms with E-state index < -0.39 is 5.97 Å². The van der Waals surface area contributed by atoms with Crippen LogP contribution in [0.2, 0.25) is 5.15 Å². The third kappa shape index (κ3) is 4.70. The first kappa shape index (κ1) is 18.7. The van der Waals surface area contributed by atoms with Crippen molar-refractivity contribution in [2.75, 3.05) is 31.4 Å². The van der Waals surface area contributed by atoms with Gasteiger partial charge in [0.2, 0.25) is 0 Å². The second kappa shape index (κ2) is 8.48. The van der Waals surface area contributed by atoms with Gasteiger partial charge < -0.3 is 15.0 Å². The lowest BCUT2D eigenvalue weighted by Gasteiger charge is -2.18. The number of aromatic nitrogens is 2. The van der Waals surface area contributed by atoms with E-state index >= 15 is 0 Å². The standard InChI is InChI=1S/C18H21ClN4O2/c1-5-23(3)18-14(11-16(24)25-4)17(19)21-15(22-18)10-12-6-8-13(20-2)9-7-12/h5-9,20H,1,10-11H2,2-4H3. The summed E-state index contributed by atoms with van der Waals surface area (Å²) in [7, 11) is 4.99. The first-order chi connectivity index (χ1) is 12.0. The van der Waals surface area contributed by atoms with Gasteiger partial charge in [0.1, 0.15) is 16.8 Å². The number of rotatable bonds is 7. The van der Waals surface area contributed by atoms with Gasteiger partial charge in [-0.15, -0.1) is 0 Å². The molecule has 1 aromatic heterocycles. The van der Waals surface area contributed by atoms with Crippen molar-refractivity contribution in [2.45, 2.75) is 12.8 Å². The number of benzene rings is 1. The van der Waals surface area contributed by atoms with Crippen molar-refractivity contribution in [3.05, 3.63) is 59.1 Å². The molecule has 0 bridgehead atoms. The van der Waals surface area contributed by atoms with Crippen LogP contribution in [0.4, 0.5) is 11.5 Å². The van der Waals surface area contributed by atoms with Crippen LogP contribution in [0.3, 0.4) is 0 Å². The molecule has 0 fully saturated rings. The van der Waals surface area contributed by atoms with E-state index in [-0.39, 0.29) is 11.6 Å². The molecule has 1 N–H and O–H groups in total. The predicted octanol–water partition coefficient (Wildman–Crippen LogP) is 3.06. The molecule has 0 spiro atoms. The third-order valence-corrected chi connectivity index (χ3v) is 4.06. The van der Waals surface area contributed by atoms with Crippen molar-refractivity contribution in [3.63, 3.8) is 0 Å². The number of nitrogens with zero attached hydrogens (tertiary/aromatic N) is 3. The van der Waals surface area contributed by atoms with Crippen LogP contribution < -0.4 is 10.2 Å². The van der Waals surface area contributed by atoms with E-state index in [1.807, 2.05) is 31.3 Å². The zero-order valence-electron chi connectivity index (χ0n) is 14.5. The monoisotopic (exact) mass is 360 g/mol. The van der Waals surface area contributed by atoms with Crippen LogP contribution in [0.1, 0.15) is 17.0 Å². The Morgan fingerprint density at radius 3 is 2.60 bits per heavy atom. The number of carbonyl (C=O) groups excluding carboxylic acids is 1. The van der Waals surface area contributed by atoms with Gasteiger partial charge in [0, 0.05) is 31.8 Å². The number of methoxy groups -OCH3 is 1. The maximum absolute atomic E-state index is 11.6. The van der Waals surface area contributed by atoms with E-state index in [9.17, 15) is 4.79 Å². The molecule has 0 atom stereocenters. The van der Waals surface area contributed by atoms with Gasteiger partial charge >= 0.3 is 5.97 Å². The summed E-state index contributed by atoms with van der Waals surface area (Å²) in [5.41, 5.74) is 2.61. The molecule has 0 unspecified atom stereocenters. The van der Waals surface area contributed by atoms with Crippen molar-refractivity contribution < 1.29 is 9.53 Å². The van der Waals surface area contributed by atoms with Crippen molar-refractivity contribution >= 4 is 29.1 Å². The van der Waals surface area contributed by atoms with Gasteiger partial charge in [-0.25, -0.2) is 9.97 Å². The summed E-state index contributed by atoms with van der Waals surface area (Å²) in [6.45, 7) is 3.74. The molecule has 7 heteroatoms. The highest BCUT2D eigenvalue weighted by atomic mass is 35.5. The Hall–Kier alpha value is -2.60. The molecule has 1 aromatic carbocycles. The van der Waals surface area contributed by atoms with Crippen molar-refractivity contribution in [3.8, 4) is 0 Å². The number of ether oxygens (including phenoxy) is 1. The molecule has 0 aliphatic heterocycles. The summed E-state index contributed by atoms with van der Waals surface area (Å²) < 4.78 is 4.72. The summed E-state index contributed by atoms with van der Waals surface area (Å²) in [6, 6.07) is 7.98. The summed E-state index contributed by atoms with van der Waals surface area (Å²) in [4.78, 5) is 22.3. The Bertz CT molecular complexity index is 762. The fourth-order valence-corrected chi connectivity index (χ4v) is 2.53. The van der Waals surface area contributed by atoms with Gasteiger partial charge in [-0.2, -0.15) is 0 Å². The van der Waals surface area contributed by atoms with E-state index in [4.69, 9.17) is 16.3 Å². The minimum Gasteiger partial charge on any atom is -0.469 e. The molecule has 6 nitrogen and oxygen atoms in total. The molecule has 1 heterocycles. The van der Waals surface area contributed by atoms with Crippen LogP contribution in [-0.2, 0) is 22.4 Å². The van der Waals surface area contributed by atoms with Crippen molar-refractivity contribution in [1.82, 2.24) is 9.97 Å². The molecule has 0 aliphatic rings. The minimum atomic E-state index is -0.403. The number of anilines is 2. The molecule has 0 amide bonds. The van der Waals surface area contributed by atoms with Gasteiger partial charge in [-0.05, 0) is 23.9 Å². The quantitative estimate of drug-likeness (QED) is 0.604. The van der Waals surface area contributed by atoms with Crippen molar-refractivity contribution in [2.24, 2.45) is 0 Å². The molecule has 25 heavy (non-hydrogen) atoms. The summed E-state index contributed by atoms with van der Waals surface area (Å²) in [5, 5.41) is 3.32. The molecule has 0 saturated heterocycles. The van der Waals surface area contributed by atoms with Gasteiger partial charge in [-0.3, -0.25) is 4.79 Å². The van der Waals surface area contributed by atoms with Crippen LogP contribution in [0, 0.1) is 0 Å². The largest absolute Gasteiger partial charge is 0.469 e. The first-order valence-electron chi connectivity index (χ1n) is 7.72. The molecular weight excluding hydrogens is 340 g/mol. The van der Waals surface area contributed by atoms with Crippen LogP contribution in [0.15, 0.2) is 37.0 Å². The third-order valence-electron chi connectivity index (χ3n) is 3.74. The molecule has 0 aliphatic carbocycles. The van der Waals surface area contributed by atoms with Crippen LogP contribution >= 0.6 is 11.6 Å². The lowest BCUT2D eigenvalue weighted by atomic mass is 10.1. The topological polar surface area (TPSA) is 67.4 Å². The fourth-order valence-electron chi connectivity index (χ4n) is 2.29. The van der Waals surface area contributed by atoms with E-state index in [0.29, 0.717) is 23.6 Å². The molecule has 0 radical (unpaired) electrons. The van der Waals surface area contributed by atoms with Gasteiger partial charge in [0.25, 0.3) is 0 Å². The zero-order chi connectivity index (χ0) is 18.4. The highest BCUT2D eigenvalue weighted by Gasteiger charge is 2.19. The van der Waals surface area contributed by atoms with Gasteiger partial charge in [0.15, 0.2) is 0 Å². The van der Waals surface area contributed by atoms with Crippen LogP contribution in [0.5, 0.6) is 0 Å². The lowest BCUT2D eigenvalue weighted by molar-refractivity contribution is -0.139. The minimum absolute atomic E-state index is 0.00000687. The summed E-state index contributed by atoms with van der Waals surface area (Å²) in [5.74, 6) is 0.710. The molecule has 2 rings (SSSR count). The fraction of sp³-hybridized carbons (Fsp3) is 0.278. The lowest BCUT2D eigenvalue weighted by Crippen LogP contribution is -2.17. The zero-order valence-corrected chi connectivity index (χ0v) is 15.3. The summed E-state index contributed by atoms with van der Waals surface area (Å²) >= 11 is 6.32. The number of hydrogen-bond acceptors (Lipinski definition) is 6. The Balaban J connectivity index is 2.37. The van der Waals surface area contributed by atoms with E-state index in [1.165, 1.54) is 7.11 Å². The second-order valence-corrected chi connectivity index (χ2v) is 5.76. The van der Waals surface area contributed by atoms with E-state index in [1.54, 1.807) is 18.1 Å². The van der Waals surface area contributed by atoms with Gasteiger partial charge in [0.05, 0.1) is 13.5 Å². The maximum Gasteiger partial charge on any atom is 0.310 e. The smallest absolute Gasteiger partial charge is 0.310 e. The Labute approximate surface area is 152 Å². The highest BCUT2D eigenvalue weighted by Crippen LogP contribution is 2.26. The number of halogens is 1. The van der Waals surface area contributed by atoms with Gasteiger partial charge in [-0.1, -0.05) is 30.3 Å². The number of carbonyl (C=O) groups is 1. The number of hydrogen-bond donors (Lipinski definition) is 1. The molecule has 0 saturated carbocycles. The second-order valence-electron chi connectivity index (χ2n) is 5.40. The average molecular weight is 361 g/mol. The summed E-state index contributed by atoms with van der Waals surface area (Å²) in [6.07, 6.45) is 2.13. The normalized spacial score (nSPS) is 10.2. The molecule has 2 aromatic rings. The van der Waals surface area contributed by atoms with Crippen LogP contribution in [0.25, 0.3) is 0 Å². The molecular formula is C18H21ClN4O2. The van der Waals surface area contributed by atoms with E-state index in [0.717, 1.165) is 11.3 Å². The van der Waals surface area contributed by atoms with Crippen LogP contribution in [-0.4, -0.2) is 37.1 Å². The maximum atomic E-state index is 11.6. The predicted molar refractivity (Wildman–Crippen MR) is 100 cm³/mol. The van der Waals surface area contributed by atoms with Crippen molar-refractivity contribution in [1.29, 1.82) is 0 Å². The number of nitrogens with one attached hydrogen (secondary N) is 1. The average Bonchev–Trinajstić information content (AvgIpc) is 2.63.